The summed E-state index contributed by atoms with van der Waals surface area (Å²) in [5.41, 5.74) is -2.21. The second kappa shape index (κ2) is 4.68. The van der Waals surface area contributed by atoms with Crippen LogP contribution >= 0.6 is 0 Å². The van der Waals surface area contributed by atoms with Crippen LogP contribution in [0.4, 0.5) is 23.7 Å². The van der Waals surface area contributed by atoms with Gasteiger partial charge in [-0.1, -0.05) is 6.07 Å². The summed E-state index contributed by atoms with van der Waals surface area (Å²) >= 11 is 0. The molecule has 0 aliphatic carbocycles. The van der Waals surface area contributed by atoms with Crippen LogP contribution in [-0.4, -0.2) is 40.9 Å². The molecule has 1 aliphatic heterocycles. The highest BCUT2D eigenvalue weighted by Gasteiger charge is 2.62. The number of nitrogens with one attached hydrogen (secondary N) is 1. The van der Waals surface area contributed by atoms with E-state index in [4.69, 9.17) is 5.26 Å². The quantitative estimate of drug-likeness (QED) is 0.824. The van der Waals surface area contributed by atoms with Crippen molar-refractivity contribution in [2.75, 3.05) is 18.4 Å². The van der Waals surface area contributed by atoms with Gasteiger partial charge in [0.05, 0.1) is 24.7 Å². The molecule has 8 heteroatoms. The van der Waals surface area contributed by atoms with Crippen molar-refractivity contribution in [3.63, 3.8) is 0 Å². The van der Waals surface area contributed by atoms with Crippen molar-refractivity contribution < 1.29 is 23.1 Å². The van der Waals surface area contributed by atoms with E-state index in [1.807, 2.05) is 6.07 Å². The molecule has 1 heterocycles. The molecule has 0 spiro atoms. The zero-order valence-corrected chi connectivity index (χ0v) is 10.1. The summed E-state index contributed by atoms with van der Waals surface area (Å²) in [6.45, 7) is -1.61. The Labute approximate surface area is 112 Å². The summed E-state index contributed by atoms with van der Waals surface area (Å²) in [7, 11) is 0. The van der Waals surface area contributed by atoms with E-state index in [-0.39, 0.29) is 0 Å². The number of urea groups is 1. The van der Waals surface area contributed by atoms with Crippen LogP contribution < -0.4 is 5.32 Å². The minimum absolute atomic E-state index is 0.302. The fourth-order valence-electron chi connectivity index (χ4n) is 1.78. The van der Waals surface area contributed by atoms with Gasteiger partial charge in [-0.05, 0) is 18.2 Å². The van der Waals surface area contributed by atoms with E-state index in [1.54, 1.807) is 0 Å². The van der Waals surface area contributed by atoms with Crippen LogP contribution in [0.3, 0.4) is 0 Å². The van der Waals surface area contributed by atoms with Crippen molar-refractivity contribution in [3.8, 4) is 6.07 Å². The van der Waals surface area contributed by atoms with Crippen LogP contribution in [0, 0.1) is 11.3 Å². The van der Waals surface area contributed by atoms with Gasteiger partial charge in [0.25, 0.3) is 0 Å². The van der Waals surface area contributed by atoms with Gasteiger partial charge in [0.2, 0.25) is 0 Å². The van der Waals surface area contributed by atoms with E-state index in [1.165, 1.54) is 24.3 Å². The molecule has 2 N–H and O–H groups in total. The molecule has 1 fully saturated rings. The van der Waals surface area contributed by atoms with Crippen molar-refractivity contribution in [2.45, 2.75) is 11.8 Å². The number of halogens is 3. The van der Waals surface area contributed by atoms with Gasteiger partial charge in [-0.15, -0.1) is 0 Å². The Morgan fingerprint density at radius 2 is 2.10 bits per heavy atom. The van der Waals surface area contributed by atoms with Crippen molar-refractivity contribution in [3.05, 3.63) is 29.8 Å². The zero-order valence-electron chi connectivity index (χ0n) is 10.1. The van der Waals surface area contributed by atoms with E-state index in [0.717, 1.165) is 4.90 Å². The summed E-state index contributed by atoms with van der Waals surface area (Å²) in [6, 6.07) is 7.09. The molecule has 1 aromatic carbocycles. The number of hydrogen-bond donors (Lipinski definition) is 2. The smallest absolute Gasteiger partial charge is 0.378 e. The highest BCUT2D eigenvalue weighted by atomic mass is 19.4. The van der Waals surface area contributed by atoms with Crippen molar-refractivity contribution in [1.29, 1.82) is 5.26 Å². The minimum Gasteiger partial charge on any atom is -0.378 e. The van der Waals surface area contributed by atoms with Gasteiger partial charge < -0.3 is 15.3 Å². The summed E-state index contributed by atoms with van der Waals surface area (Å²) in [5, 5.41) is 20.3. The molecule has 106 valence electrons. The number of hydrogen-bond acceptors (Lipinski definition) is 3. The van der Waals surface area contributed by atoms with Gasteiger partial charge in [-0.2, -0.15) is 18.4 Å². The number of carbonyl (C=O) groups excluding carboxylic acids is 1. The summed E-state index contributed by atoms with van der Waals surface area (Å²) in [4.78, 5) is 12.5. The average Bonchev–Trinajstić information content (AvgIpc) is 2.33. The van der Waals surface area contributed by atoms with E-state index < -0.39 is 30.9 Å². The molecule has 1 aliphatic rings. The van der Waals surface area contributed by atoms with Crippen LogP contribution in [0.25, 0.3) is 0 Å². The minimum atomic E-state index is -4.76. The maximum Gasteiger partial charge on any atom is 0.420 e. The largest absolute Gasteiger partial charge is 0.420 e. The molecule has 0 aromatic heterocycles. The van der Waals surface area contributed by atoms with Gasteiger partial charge in [0.1, 0.15) is 0 Å². The van der Waals surface area contributed by atoms with Crippen LogP contribution in [0.2, 0.25) is 0 Å². The fraction of sp³-hybridized carbons (Fsp3) is 0.333. The van der Waals surface area contributed by atoms with Gasteiger partial charge in [0.15, 0.2) is 5.60 Å². The molecule has 5 nitrogen and oxygen atoms in total. The van der Waals surface area contributed by atoms with E-state index >= 15 is 0 Å². The van der Waals surface area contributed by atoms with Crippen LogP contribution in [0.15, 0.2) is 24.3 Å². The van der Waals surface area contributed by atoms with E-state index in [9.17, 15) is 23.1 Å². The monoisotopic (exact) mass is 285 g/mol. The standard InChI is InChI=1S/C12H10F3N3O2/c13-12(14,15)11(20)6-18(7-11)10(19)17-9-3-1-2-8(4-9)5-16/h1-4,20H,6-7H2,(H,17,19). The molecule has 0 saturated carbocycles. The molecular formula is C12H10F3N3O2. The topological polar surface area (TPSA) is 76.4 Å². The van der Waals surface area contributed by atoms with E-state index in [0.29, 0.717) is 11.3 Å². The number of likely N-dealkylation sites (tertiary alicyclic amines) is 1. The maximum absolute atomic E-state index is 12.4. The van der Waals surface area contributed by atoms with Gasteiger partial charge in [0, 0.05) is 5.69 Å². The maximum atomic E-state index is 12.4. The Hall–Kier alpha value is -2.27. The number of alkyl halides is 3. The Balaban J connectivity index is 1.97. The van der Waals surface area contributed by atoms with Gasteiger partial charge >= 0.3 is 12.2 Å². The second-order valence-corrected chi connectivity index (χ2v) is 4.51. The lowest BCUT2D eigenvalue weighted by Crippen LogP contribution is -2.70. The third-order valence-corrected chi connectivity index (χ3v) is 2.96. The van der Waals surface area contributed by atoms with Crippen LogP contribution in [0.5, 0.6) is 0 Å². The Morgan fingerprint density at radius 1 is 1.45 bits per heavy atom. The first-order valence-corrected chi connectivity index (χ1v) is 5.60. The molecule has 0 unspecified atom stereocenters. The zero-order chi connectivity index (χ0) is 15.0. The SMILES string of the molecule is N#Cc1cccc(NC(=O)N2CC(O)(C(F)(F)F)C2)c1. The van der Waals surface area contributed by atoms with Crippen molar-refractivity contribution in [1.82, 2.24) is 4.90 Å². The lowest BCUT2D eigenvalue weighted by molar-refractivity contribution is -0.293. The predicted molar refractivity (Wildman–Crippen MR) is 62.8 cm³/mol. The highest BCUT2D eigenvalue weighted by molar-refractivity contribution is 5.90. The molecule has 1 aromatic rings. The third-order valence-electron chi connectivity index (χ3n) is 2.96. The van der Waals surface area contributed by atoms with Crippen molar-refractivity contribution >= 4 is 11.7 Å². The van der Waals surface area contributed by atoms with Crippen LogP contribution in [-0.2, 0) is 0 Å². The number of rotatable bonds is 1. The molecule has 0 radical (unpaired) electrons. The first-order chi connectivity index (χ1) is 9.25. The molecule has 20 heavy (non-hydrogen) atoms. The number of nitrogens with zero attached hydrogens (tertiary/aromatic N) is 2. The Morgan fingerprint density at radius 3 is 2.65 bits per heavy atom. The highest BCUT2D eigenvalue weighted by Crippen LogP contribution is 2.37. The Bertz CT molecular complexity index is 574. The number of benzene rings is 1. The third kappa shape index (κ3) is 2.53. The number of anilines is 1. The molecule has 2 rings (SSSR count). The molecule has 2 amide bonds. The van der Waals surface area contributed by atoms with Gasteiger partial charge in [-0.25, -0.2) is 4.79 Å². The summed E-state index contributed by atoms with van der Waals surface area (Å²) in [6.07, 6.45) is -4.76. The molecule has 0 atom stereocenters. The number of β-amino-alcohol motifs (C(OH)–C–C–N with tert-alkyl or cyclic N) is 1. The average molecular weight is 285 g/mol. The fourth-order valence-corrected chi connectivity index (χ4v) is 1.78. The Kier molecular flexibility index (Phi) is 3.31. The normalized spacial score (nSPS) is 17.1. The molecule has 0 bridgehead atoms. The molecule has 1 saturated heterocycles. The van der Waals surface area contributed by atoms with Crippen LogP contribution in [0.1, 0.15) is 5.56 Å². The lowest BCUT2D eigenvalue weighted by Gasteiger charge is -2.46. The number of aliphatic hydroxyl groups is 1. The van der Waals surface area contributed by atoms with Gasteiger partial charge in [-0.3, -0.25) is 0 Å². The van der Waals surface area contributed by atoms with Crippen molar-refractivity contribution in [2.24, 2.45) is 0 Å². The first kappa shape index (κ1) is 14.1. The first-order valence-electron chi connectivity index (χ1n) is 5.60. The number of amides is 2. The molecular weight excluding hydrogens is 275 g/mol. The second-order valence-electron chi connectivity index (χ2n) is 4.51. The number of carbonyl (C=O) groups is 1. The summed E-state index contributed by atoms with van der Waals surface area (Å²) in [5.74, 6) is 0. The lowest BCUT2D eigenvalue weighted by atomic mass is 9.94. The predicted octanol–water partition coefficient (Wildman–Crippen LogP) is 1.70. The summed E-state index contributed by atoms with van der Waals surface area (Å²) < 4.78 is 37.2. The van der Waals surface area contributed by atoms with E-state index in [2.05, 4.69) is 5.32 Å². The number of nitriles is 1.